The van der Waals surface area contributed by atoms with E-state index in [9.17, 15) is 30.3 Å². The maximum absolute atomic E-state index is 12.6. The molecule has 1 aromatic carbocycles. The van der Waals surface area contributed by atoms with Gasteiger partial charge in [-0.3, -0.25) is 25.0 Å². The summed E-state index contributed by atoms with van der Waals surface area (Å²) in [6.07, 6.45) is 0.500. The van der Waals surface area contributed by atoms with Gasteiger partial charge in [-0.05, 0) is 19.4 Å². The number of hydrogen-bond acceptors (Lipinski definition) is 8. The fourth-order valence-electron chi connectivity index (χ4n) is 2.87. The van der Waals surface area contributed by atoms with Crippen LogP contribution in [-0.2, 0) is 17.8 Å². The molecule has 0 bridgehead atoms. The minimum absolute atomic E-state index is 0.243. The monoisotopic (exact) mass is 402 g/mol. The van der Waals surface area contributed by atoms with Crippen molar-refractivity contribution in [3.8, 4) is 6.07 Å². The molecule has 1 N–H and O–H groups in total. The second-order valence-electron chi connectivity index (χ2n) is 6.75. The Kier molecular flexibility index (Phi) is 4.84. The molecule has 2 heterocycles. The van der Waals surface area contributed by atoms with Crippen molar-refractivity contribution in [1.82, 2.24) is 0 Å². The Hall–Kier alpha value is -3.36. The zero-order chi connectivity index (χ0) is 20.6. The lowest BCUT2D eigenvalue weighted by molar-refractivity contribution is -0.394. The molecule has 2 aromatic rings. The first-order valence-electron chi connectivity index (χ1n) is 8.05. The summed E-state index contributed by atoms with van der Waals surface area (Å²) in [5.41, 5.74) is -0.718. The van der Waals surface area contributed by atoms with Crippen LogP contribution in [0, 0.1) is 31.6 Å². The van der Waals surface area contributed by atoms with E-state index in [1.165, 1.54) is 11.3 Å². The molecule has 0 aliphatic carbocycles. The molecule has 0 saturated heterocycles. The van der Waals surface area contributed by atoms with Gasteiger partial charge in [-0.2, -0.15) is 5.26 Å². The first kappa shape index (κ1) is 19.4. The second-order valence-corrected chi connectivity index (χ2v) is 7.86. The van der Waals surface area contributed by atoms with Gasteiger partial charge in [-0.1, -0.05) is 0 Å². The van der Waals surface area contributed by atoms with E-state index < -0.39 is 32.7 Å². The number of nitro benzene ring substituents is 2. The number of rotatable bonds is 4. The number of nitro groups is 2. The van der Waals surface area contributed by atoms with Crippen molar-refractivity contribution < 1.29 is 19.4 Å². The molecule has 1 aromatic heterocycles. The van der Waals surface area contributed by atoms with E-state index in [0.29, 0.717) is 18.6 Å². The van der Waals surface area contributed by atoms with E-state index in [1.54, 1.807) is 0 Å². The van der Waals surface area contributed by atoms with Gasteiger partial charge in [0, 0.05) is 23.4 Å². The third-order valence-electron chi connectivity index (χ3n) is 4.21. The Labute approximate surface area is 162 Å². The highest BCUT2D eigenvalue weighted by molar-refractivity contribution is 7.16. The molecule has 28 heavy (non-hydrogen) atoms. The van der Waals surface area contributed by atoms with E-state index in [-0.39, 0.29) is 10.6 Å². The molecule has 0 unspecified atom stereocenters. The van der Waals surface area contributed by atoms with Crippen LogP contribution in [0.25, 0.3) is 0 Å². The number of amides is 1. The summed E-state index contributed by atoms with van der Waals surface area (Å²) < 4.78 is 5.72. The maximum atomic E-state index is 12.6. The molecule has 1 amide bonds. The van der Waals surface area contributed by atoms with Crippen molar-refractivity contribution in [1.29, 1.82) is 5.26 Å². The molecule has 10 nitrogen and oxygen atoms in total. The van der Waals surface area contributed by atoms with Gasteiger partial charge in [0.15, 0.2) is 0 Å². The van der Waals surface area contributed by atoms with Gasteiger partial charge in [0.05, 0.1) is 39.2 Å². The molecule has 0 fully saturated rings. The van der Waals surface area contributed by atoms with Gasteiger partial charge in [0.25, 0.3) is 17.3 Å². The summed E-state index contributed by atoms with van der Waals surface area (Å²) in [6.45, 7) is 4.10. The lowest BCUT2D eigenvalue weighted by atomic mass is 9.93. The second kappa shape index (κ2) is 6.99. The van der Waals surface area contributed by atoms with Crippen LogP contribution in [0.5, 0.6) is 0 Å². The Morgan fingerprint density at radius 1 is 1.25 bits per heavy atom. The first-order chi connectivity index (χ1) is 13.1. The molecule has 1 aliphatic rings. The van der Waals surface area contributed by atoms with Crippen molar-refractivity contribution in [2.45, 2.75) is 32.5 Å². The van der Waals surface area contributed by atoms with Crippen LogP contribution in [0.4, 0.5) is 16.4 Å². The molecule has 144 valence electrons. The van der Waals surface area contributed by atoms with Crippen LogP contribution < -0.4 is 5.32 Å². The molecule has 0 saturated carbocycles. The molecule has 1 aliphatic heterocycles. The first-order valence-corrected chi connectivity index (χ1v) is 8.87. The van der Waals surface area contributed by atoms with E-state index in [0.717, 1.165) is 28.6 Å². The smallest absolute Gasteiger partial charge is 0.277 e. The van der Waals surface area contributed by atoms with Crippen LogP contribution in [0.1, 0.15) is 40.2 Å². The Morgan fingerprint density at radius 2 is 1.86 bits per heavy atom. The lowest BCUT2D eigenvalue weighted by Gasteiger charge is -2.29. The third-order valence-corrected chi connectivity index (χ3v) is 5.33. The highest BCUT2D eigenvalue weighted by Crippen LogP contribution is 2.40. The quantitative estimate of drug-likeness (QED) is 0.607. The summed E-state index contributed by atoms with van der Waals surface area (Å²) in [7, 11) is 0. The summed E-state index contributed by atoms with van der Waals surface area (Å²) in [5, 5.41) is 34.4. The van der Waals surface area contributed by atoms with Gasteiger partial charge in [0.2, 0.25) is 0 Å². The lowest BCUT2D eigenvalue weighted by Crippen LogP contribution is -2.31. The molecular formula is C17H14N4O6S. The van der Waals surface area contributed by atoms with Crippen LogP contribution >= 0.6 is 11.3 Å². The number of nitriles is 1. The fourth-order valence-corrected chi connectivity index (χ4v) is 3.95. The van der Waals surface area contributed by atoms with Gasteiger partial charge in [-0.25, -0.2) is 0 Å². The fraction of sp³-hybridized carbons (Fsp3) is 0.294. The summed E-state index contributed by atoms with van der Waals surface area (Å²) in [4.78, 5) is 33.8. The van der Waals surface area contributed by atoms with Gasteiger partial charge in [0.1, 0.15) is 11.1 Å². The number of thiophene rings is 1. The average molecular weight is 402 g/mol. The normalized spacial score (nSPS) is 14.6. The molecule has 0 atom stereocenters. The highest BCUT2D eigenvalue weighted by Gasteiger charge is 2.32. The summed E-state index contributed by atoms with van der Waals surface area (Å²) >= 11 is 1.18. The summed E-state index contributed by atoms with van der Waals surface area (Å²) in [6, 6.07) is 4.76. The topological polar surface area (TPSA) is 148 Å². The highest BCUT2D eigenvalue weighted by atomic mass is 32.1. The van der Waals surface area contributed by atoms with Gasteiger partial charge < -0.3 is 10.1 Å². The minimum atomic E-state index is -0.812. The number of carbonyl (C=O) groups is 1. The molecular weight excluding hydrogens is 388 g/mol. The number of fused-ring (bicyclic) bond motifs is 1. The van der Waals surface area contributed by atoms with Crippen LogP contribution in [0.3, 0.4) is 0 Å². The zero-order valence-electron chi connectivity index (χ0n) is 14.8. The van der Waals surface area contributed by atoms with Crippen molar-refractivity contribution in [3.05, 3.63) is 60.0 Å². The minimum Gasteiger partial charge on any atom is -0.370 e. The zero-order valence-corrected chi connectivity index (χ0v) is 15.7. The van der Waals surface area contributed by atoms with E-state index in [1.807, 2.05) is 13.8 Å². The number of non-ortho nitro benzene ring substituents is 2. The molecule has 0 spiro atoms. The van der Waals surface area contributed by atoms with Crippen molar-refractivity contribution in [2.24, 2.45) is 0 Å². The van der Waals surface area contributed by atoms with E-state index >= 15 is 0 Å². The summed E-state index contributed by atoms with van der Waals surface area (Å²) in [5.74, 6) is -0.776. The Bertz CT molecular complexity index is 1020. The number of carbonyl (C=O) groups excluding carboxylic acids is 1. The number of anilines is 1. The molecule has 11 heteroatoms. The largest absolute Gasteiger partial charge is 0.370 e. The molecule has 3 rings (SSSR count). The van der Waals surface area contributed by atoms with Crippen molar-refractivity contribution in [2.75, 3.05) is 5.32 Å². The van der Waals surface area contributed by atoms with Crippen molar-refractivity contribution >= 4 is 33.6 Å². The van der Waals surface area contributed by atoms with Crippen LogP contribution in [-0.4, -0.2) is 21.4 Å². The van der Waals surface area contributed by atoms with E-state index in [4.69, 9.17) is 4.74 Å². The van der Waals surface area contributed by atoms with Crippen LogP contribution in [0.15, 0.2) is 18.2 Å². The van der Waals surface area contributed by atoms with Gasteiger partial charge >= 0.3 is 0 Å². The standard InChI is InChI=1S/C17H14N4O6S/c1-17(2)6-12-13(7-18)16(28-14(12)8-27-17)19-15(22)9-3-10(20(23)24)5-11(4-9)21(25)26/h3-5H,6,8H2,1-2H3,(H,19,22). The number of hydrogen-bond donors (Lipinski definition) is 1. The van der Waals surface area contributed by atoms with Crippen molar-refractivity contribution in [3.63, 3.8) is 0 Å². The number of ether oxygens (including phenoxy) is 1. The number of nitrogens with zero attached hydrogens (tertiary/aromatic N) is 3. The van der Waals surface area contributed by atoms with Crippen LogP contribution in [0.2, 0.25) is 0 Å². The predicted molar refractivity (Wildman–Crippen MR) is 99.3 cm³/mol. The van der Waals surface area contributed by atoms with Gasteiger partial charge in [-0.15, -0.1) is 11.3 Å². The maximum Gasteiger partial charge on any atom is 0.277 e. The molecule has 0 radical (unpaired) electrons. The predicted octanol–water partition coefficient (Wildman–Crippen LogP) is 3.54. The third kappa shape index (κ3) is 3.68. The average Bonchev–Trinajstić information content (AvgIpc) is 2.96. The number of benzene rings is 1. The number of nitrogens with one attached hydrogen (secondary N) is 1. The Morgan fingerprint density at radius 3 is 2.39 bits per heavy atom. The van der Waals surface area contributed by atoms with E-state index in [2.05, 4.69) is 11.4 Å². The SMILES string of the molecule is CC1(C)Cc2c(sc(NC(=O)c3cc([N+](=O)[O-])cc([N+](=O)[O-])c3)c2C#N)CO1. The Balaban J connectivity index is 1.97.